The van der Waals surface area contributed by atoms with E-state index in [2.05, 4.69) is 10.3 Å². The number of likely N-dealkylation sites (N-methyl/N-ethyl adjacent to an activating group) is 1. The monoisotopic (exact) mass is 200 g/mol. The minimum absolute atomic E-state index is 0.617. The fourth-order valence-electron chi connectivity index (χ4n) is 0.970. The van der Waals surface area contributed by atoms with Crippen LogP contribution in [0.25, 0.3) is 0 Å². The molecule has 13 heavy (non-hydrogen) atoms. The third-order valence-electron chi connectivity index (χ3n) is 1.71. The molecule has 0 radical (unpaired) electrons. The van der Waals surface area contributed by atoms with Crippen molar-refractivity contribution < 1.29 is 9.90 Å². The maximum atomic E-state index is 10.7. The van der Waals surface area contributed by atoms with Gasteiger partial charge in [-0.3, -0.25) is 4.79 Å². The number of thiazole rings is 1. The van der Waals surface area contributed by atoms with Crippen molar-refractivity contribution in [3.05, 3.63) is 16.1 Å². The first-order valence-corrected chi connectivity index (χ1v) is 4.91. The van der Waals surface area contributed by atoms with Crippen LogP contribution in [0.4, 0.5) is 0 Å². The fourth-order valence-corrected chi connectivity index (χ4v) is 1.97. The van der Waals surface area contributed by atoms with Gasteiger partial charge in [0.05, 0.1) is 5.69 Å². The van der Waals surface area contributed by atoms with E-state index in [-0.39, 0.29) is 0 Å². The highest BCUT2D eigenvalue weighted by Gasteiger charge is 2.20. The van der Waals surface area contributed by atoms with Gasteiger partial charge >= 0.3 is 5.97 Å². The van der Waals surface area contributed by atoms with Gasteiger partial charge in [0, 0.05) is 5.38 Å². The summed E-state index contributed by atoms with van der Waals surface area (Å²) < 4.78 is 0. The van der Waals surface area contributed by atoms with Crippen molar-refractivity contribution in [2.75, 3.05) is 7.05 Å². The third-order valence-corrected chi connectivity index (χ3v) is 2.67. The SMILES string of the molecule is CCc1csc(C(NC)C(=O)O)n1. The van der Waals surface area contributed by atoms with Crippen LogP contribution in [-0.4, -0.2) is 23.1 Å². The number of rotatable bonds is 4. The molecule has 1 rings (SSSR count). The normalized spacial score (nSPS) is 12.8. The second-order valence-electron chi connectivity index (χ2n) is 2.59. The number of aryl methyl sites for hydroxylation is 1. The summed E-state index contributed by atoms with van der Waals surface area (Å²) in [5, 5.41) is 14.0. The first-order valence-electron chi connectivity index (χ1n) is 4.03. The van der Waals surface area contributed by atoms with Crippen LogP contribution in [-0.2, 0) is 11.2 Å². The van der Waals surface area contributed by atoms with Crippen molar-refractivity contribution in [3.63, 3.8) is 0 Å². The van der Waals surface area contributed by atoms with E-state index in [1.54, 1.807) is 7.05 Å². The van der Waals surface area contributed by atoms with Gasteiger partial charge in [-0.1, -0.05) is 6.92 Å². The molecule has 1 unspecified atom stereocenters. The Bertz CT molecular complexity index is 298. The molecule has 0 bridgehead atoms. The summed E-state index contributed by atoms with van der Waals surface area (Å²) in [5.74, 6) is -0.889. The van der Waals surface area contributed by atoms with Crippen molar-refractivity contribution in [2.45, 2.75) is 19.4 Å². The number of hydrogen-bond acceptors (Lipinski definition) is 4. The summed E-state index contributed by atoms with van der Waals surface area (Å²) in [6.45, 7) is 1.99. The summed E-state index contributed by atoms with van der Waals surface area (Å²) in [4.78, 5) is 14.9. The highest BCUT2D eigenvalue weighted by Crippen LogP contribution is 2.18. The summed E-state index contributed by atoms with van der Waals surface area (Å²) in [6, 6.07) is -0.676. The molecule has 1 aromatic rings. The first-order chi connectivity index (χ1) is 6.19. The Labute approximate surface area is 80.6 Å². The van der Waals surface area contributed by atoms with Gasteiger partial charge < -0.3 is 10.4 Å². The molecular formula is C8H12N2O2S. The predicted octanol–water partition coefficient (Wildman–Crippen LogP) is 1.05. The number of hydrogen-bond donors (Lipinski definition) is 2. The molecule has 1 heterocycles. The molecular weight excluding hydrogens is 188 g/mol. The quantitative estimate of drug-likeness (QED) is 0.762. The smallest absolute Gasteiger partial charge is 0.327 e. The number of carbonyl (C=O) groups is 1. The van der Waals surface area contributed by atoms with Crippen molar-refractivity contribution >= 4 is 17.3 Å². The standard InChI is InChI=1S/C8H12N2O2S/c1-3-5-4-13-7(10-5)6(9-2)8(11)12/h4,6,9H,3H2,1-2H3,(H,11,12). The van der Waals surface area contributed by atoms with Crippen LogP contribution in [0.3, 0.4) is 0 Å². The number of aromatic nitrogens is 1. The average molecular weight is 200 g/mol. The Morgan fingerprint density at radius 2 is 2.54 bits per heavy atom. The molecule has 1 aromatic heterocycles. The van der Waals surface area contributed by atoms with Gasteiger partial charge in [0.1, 0.15) is 5.01 Å². The summed E-state index contributed by atoms with van der Waals surface area (Å²) >= 11 is 1.38. The van der Waals surface area contributed by atoms with Crippen LogP contribution in [0.5, 0.6) is 0 Å². The summed E-state index contributed by atoms with van der Waals surface area (Å²) in [6.07, 6.45) is 0.840. The minimum Gasteiger partial charge on any atom is -0.480 e. The molecule has 1 atom stereocenters. The fraction of sp³-hybridized carbons (Fsp3) is 0.500. The Morgan fingerprint density at radius 1 is 1.85 bits per heavy atom. The first kappa shape index (κ1) is 10.1. The minimum atomic E-state index is -0.889. The van der Waals surface area contributed by atoms with Gasteiger partial charge in [0.2, 0.25) is 0 Å². The lowest BCUT2D eigenvalue weighted by atomic mass is 10.3. The van der Waals surface area contributed by atoms with Crippen molar-refractivity contribution in [1.82, 2.24) is 10.3 Å². The maximum absolute atomic E-state index is 10.7. The van der Waals surface area contributed by atoms with E-state index >= 15 is 0 Å². The second-order valence-corrected chi connectivity index (χ2v) is 3.48. The second kappa shape index (κ2) is 4.34. The summed E-state index contributed by atoms with van der Waals surface area (Å²) in [5.41, 5.74) is 0.946. The Balaban J connectivity index is 2.85. The van der Waals surface area contributed by atoms with Gasteiger partial charge in [-0.25, -0.2) is 4.98 Å². The molecule has 0 amide bonds. The Morgan fingerprint density at radius 3 is 2.92 bits per heavy atom. The highest BCUT2D eigenvalue weighted by molar-refractivity contribution is 7.09. The number of aliphatic carboxylic acids is 1. The van der Waals surface area contributed by atoms with Gasteiger partial charge in [0.15, 0.2) is 6.04 Å². The lowest BCUT2D eigenvalue weighted by Crippen LogP contribution is -2.24. The van der Waals surface area contributed by atoms with Gasteiger partial charge in [0.25, 0.3) is 0 Å². The van der Waals surface area contributed by atoms with Crippen LogP contribution in [0.1, 0.15) is 23.7 Å². The Hall–Kier alpha value is -0.940. The largest absolute Gasteiger partial charge is 0.480 e. The zero-order chi connectivity index (χ0) is 9.84. The maximum Gasteiger partial charge on any atom is 0.327 e. The molecule has 0 saturated heterocycles. The van der Waals surface area contributed by atoms with E-state index in [9.17, 15) is 4.79 Å². The lowest BCUT2D eigenvalue weighted by Gasteiger charge is -2.06. The number of carboxylic acids is 1. The molecule has 0 spiro atoms. The van der Waals surface area contributed by atoms with Crippen LogP contribution in [0.15, 0.2) is 5.38 Å². The van der Waals surface area contributed by atoms with E-state index in [1.807, 2.05) is 12.3 Å². The van der Waals surface area contributed by atoms with E-state index in [0.717, 1.165) is 12.1 Å². The van der Waals surface area contributed by atoms with Crippen molar-refractivity contribution in [3.8, 4) is 0 Å². The predicted molar refractivity (Wildman–Crippen MR) is 50.9 cm³/mol. The highest BCUT2D eigenvalue weighted by atomic mass is 32.1. The topological polar surface area (TPSA) is 62.2 Å². The van der Waals surface area contributed by atoms with E-state index in [4.69, 9.17) is 5.11 Å². The van der Waals surface area contributed by atoms with Crippen LogP contribution < -0.4 is 5.32 Å². The van der Waals surface area contributed by atoms with Crippen LogP contribution in [0.2, 0.25) is 0 Å². The number of nitrogens with zero attached hydrogens (tertiary/aromatic N) is 1. The van der Waals surface area contributed by atoms with Crippen LogP contribution in [0, 0.1) is 0 Å². The number of carboxylic acid groups (broad SMARTS) is 1. The third kappa shape index (κ3) is 2.26. The summed E-state index contributed by atoms with van der Waals surface area (Å²) in [7, 11) is 1.62. The van der Waals surface area contributed by atoms with Crippen molar-refractivity contribution in [2.24, 2.45) is 0 Å². The van der Waals surface area contributed by atoms with Gasteiger partial charge in [-0.05, 0) is 13.5 Å². The van der Waals surface area contributed by atoms with E-state index in [0.29, 0.717) is 5.01 Å². The van der Waals surface area contributed by atoms with E-state index in [1.165, 1.54) is 11.3 Å². The molecule has 4 nitrogen and oxygen atoms in total. The molecule has 0 aromatic carbocycles. The molecule has 0 aliphatic rings. The lowest BCUT2D eigenvalue weighted by molar-refractivity contribution is -0.139. The van der Waals surface area contributed by atoms with Gasteiger partial charge in [-0.2, -0.15) is 0 Å². The molecule has 0 fully saturated rings. The molecule has 72 valence electrons. The zero-order valence-electron chi connectivity index (χ0n) is 7.57. The van der Waals surface area contributed by atoms with Crippen LogP contribution >= 0.6 is 11.3 Å². The van der Waals surface area contributed by atoms with E-state index < -0.39 is 12.0 Å². The zero-order valence-corrected chi connectivity index (χ0v) is 8.39. The molecule has 0 aliphatic heterocycles. The average Bonchev–Trinajstić information content (AvgIpc) is 2.53. The van der Waals surface area contributed by atoms with Crippen molar-refractivity contribution in [1.29, 1.82) is 0 Å². The molecule has 0 aliphatic carbocycles. The molecule has 2 N–H and O–H groups in total. The molecule has 5 heteroatoms. The number of nitrogens with one attached hydrogen (secondary N) is 1. The van der Waals surface area contributed by atoms with Gasteiger partial charge in [-0.15, -0.1) is 11.3 Å². The Kier molecular flexibility index (Phi) is 3.39. The molecule has 0 saturated carbocycles.